The summed E-state index contributed by atoms with van der Waals surface area (Å²) >= 11 is 12.7. The number of anilines is 1. The van der Waals surface area contributed by atoms with Crippen LogP contribution in [-0.2, 0) is 6.54 Å². The zero-order valence-corrected chi connectivity index (χ0v) is 17.8. The van der Waals surface area contributed by atoms with Crippen LogP contribution in [0.1, 0.15) is 24.1 Å². The van der Waals surface area contributed by atoms with E-state index in [-0.39, 0.29) is 11.8 Å². The highest BCUT2D eigenvalue weighted by atomic mass is 35.5. The lowest BCUT2D eigenvalue weighted by atomic mass is 9.98. The summed E-state index contributed by atoms with van der Waals surface area (Å²) in [7, 11) is 0. The van der Waals surface area contributed by atoms with Gasteiger partial charge in [0.05, 0.1) is 16.8 Å². The molecule has 3 nitrogen and oxygen atoms in total. The van der Waals surface area contributed by atoms with Gasteiger partial charge in [0.1, 0.15) is 5.75 Å². The summed E-state index contributed by atoms with van der Waals surface area (Å²) in [4.78, 5) is 4.86. The van der Waals surface area contributed by atoms with Crippen molar-refractivity contribution >= 4 is 28.9 Å². The zero-order valence-electron chi connectivity index (χ0n) is 16.3. The van der Waals surface area contributed by atoms with Crippen molar-refractivity contribution in [1.82, 2.24) is 4.90 Å². The van der Waals surface area contributed by atoms with Crippen molar-refractivity contribution in [3.05, 3.63) is 94.0 Å². The topological polar surface area (TPSA) is 26.7 Å². The summed E-state index contributed by atoms with van der Waals surface area (Å²) in [6.45, 7) is 4.87. The van der Waals surface area contributed by atoms with Gasteiger partial charge in [0, 0.05) is 36.8 Å². The van der Waals surface area contributed by atoms with Crippen molar-refractivity contribution < 1.29 is 5.11 Å². The standard InChI is InChI=1S/C24H24Cl2N2O/c1-17-14-28(23-12-11-21(29)13-22(23)26)24(19-7-9-20(25)10-8-19)16-27(17)15-18-5-3-2-4-6-18/h2-13,17,24,29H,14-16H2,1H3/t17-,24?/m1/s1. The predicted molar refractivity (Wildman–Crippen MR) is 121 cm³/mol. The fourth-order valence-electron chi connectivity index (χ4n) is 4.03. The van der Waals surface area contributed by atoms with Gasteiger partial charge in [-0.2, -0.15) is 0 Å². The number of piperazine rings is 1. The minimum absolute atomic E-state index is 0.134. The molecule has 1 fully saturated rings. The molecule has 0 amide bonds. The molecule has 1 heterocycles. The first kappa shape index (κ1) is 20.1. The van der Waals surface area contributed by atoms with Gasteiger partial charge < -0.3 is 10.0 Å². The van der Waals surface area contributed by atoms with E-state index < -0.39 is 0 Å². The third kappa shape index (κ3) is 4.53. The van der Waals surface area contributed by atoms with E-state index in [0.29, 0.717) is 11.1 Å². The van der Waals surface area contributed by atoms with E-state index in [9.17, 15) is 5.11 Å². The number of halogens is 2. The minimum Gasteiger partial charge on any atom is -0.508 e. The molecule has 5 heteroatoms. The molecule has 3 aromatic rings. The number of hydrogen-bond donors (Lipinski definition) is 1. The first-order valence-electron chi connectivity index (χ1n) is 9.80. The van der Waals surface area contributed by atoms with Crippen molar-refractivity contribution in [2.45, 2.75) is 25.6 Å². The van der Waals surface area contributed by atoms with Gasteiger partial charge in [-0.3, -0.25) is 4.90 Å². The fraction of sp³-hybridized carbons (Fsp3) is 0.250. The van der Waals surface area contributed by atoms with Crippen LogP contribution in [0.2, 0.25) is 10.0 Å². The average molecular weight is 427 g/mol. The number of rotatable bonds is 4. The van der Waals surface area contributed by atoms with Crippen molar-refractivity contribution in [3.8, 4) is 5.75 Å². The van der Waals surface area contributed by atoms with Crippen molar-refractivity contribution in [2.75, 3.05) is 18.0 Å². The first-order valence-corrected chi connectivity index (χ1v) is 10.6. The van der Waals surface area contributed by atoms with Crippen LogP contribution in [0.15, 0.2) is 72.8 Å². The van der Waals surface area contributed by atoms with Gasteiger partial charge in [0.15, 0.2) is 0 Å². The Morgan fingerprint density at radius 2 is 1.66 bits per heavy atom. The number of phenolic OH excluding ortho intramolecular Hbond substituents is 1. The predicted octanol–water partition coefficient (Wildman–Crippen LogP) is 6.15. The van der Waals surface area contributed by atoms with Crippen LogP contribution < -0.4 is 4.90 Å². The van der Waals surface area contributed by atoms with Crippen molar-refractivity contribution in [1.29, 1.82) is 0 Å². The molecule has 29 heavy (non-hydrogen) atoms. The van der Waals surface area contributed by atoms with E-state index in [4.69, 9.17) is 23.2 Å². The molecule has 0 spiro atoms. The smallest absolute Gasteiger partial charge is 0.117 e. The number of nitrogens with zero attached hydrogens (tertiary/aromatic N) is 2. The summed E-state index contributed by atoms with van der Waals surface area (Å²) in [6, 6.07) is 24.3. The highest BCUT2D eigenvalue weighted by molar-refractivity contribution is 6.33. The molecule has 1 saturated heterocycles. The Hall–Kier alpha value is -2.20. The molecular formula is C24H24Cl2N2O. The van der Waals surface area contributed by atoms with Crippen LogP contribution in [0.4, 0.5) is 5.69 Å². The van der Waals surface area contributed by atoms with E-state index in [1.807, 2.05) is 24.3 Å². The van der Waals surface area contributed by atoms with Gasteiger partial charge in [-0.1, -0.05) is 65.7 Å². The summed E-state index contributed by atoms with van der Waals surface area (Å²) in [6.07, 6.45) is 0. The van der Waals surface area contributed by atoms with Crippen LogP contribution in [-0.4, -0.2) is 29.1 Å². The van der Waals surface area contributed by atoms with Gasteiger partial charge in [-0.05, 0) is 42.3 Å². The van der Waals surface area contributed by atoms with Gasteiger partial charge in [-0.15, -0.1) is 0 Å². The lowest BCUT2D eigenvalue weighted by Gasteiger charge is -2.47. The number of phenols is 1. The second-order valence-electron chi connectivity index (χ2n) is 7.62. The summed E-state index contributed by atoms with van der Waals surface area (Å²) in [5.41, 5.74) is 3.45. The largest absolute Gasteiger partial charge is 0.508 e. The first-order chi connectivity index (χ1) is 14.0. The Labute approximate surface area is 182 Å². The second kappa shape index (κ2) is 8.66. The molecule has 150 valence electrons. The molecule has 1 aliphatic rings. The van der Waals surface area contributed by atoms with E-state index in [1.54, 1.807) is 12.1 Å². The van der Waals surface area contributed by atoms with Crippen LogP contribution in [0.5, 0.6) is 5.75 Å². The quantitative estimate of drug-likeness (QED) is 0.541. The Morgan fingerprint density at radius 1 is 0.931 bits per heavy atom. The maximum atomic E-state index is 9.78. The molecule has 3 aromatic carbocycles. The second-order valence-corrected chi connectivity index (χ2v) is 8.46. The molecule has 0 aromatic heterocycles. The molecule has 2 atom stereocenters. The molecule has 1 N–H and O–H groups in total. The van der Waals surface area contributed by atoms with Crippen molar-refractivity contribution in [2.24, 2.45) is 0 Å². The SMILES string of the molecule is C[C@@H]1CN(c2ccc(O)cc2Cl)C(c2ccc(Cl)cc2)CN1Cc1ccccc1. The minimum atomic E-state index is 0.134. The van der Waals surface area contributed by atoms with E-state index >= 15 is 0 Å². The van der Waals surface area contributed by atoms with Crippen molar-refractivity contribution in [3.63, 3.8) is 0 Å². The number of aromatic hydroxyl groups is 1. The van der Waals surface area contributed by atoms with Gasteiger partial charge in [0.2, 0.25) is 0 Å². The van der Waals surface area contributed by atoms with Crippen LogP contribution in [0, 0.1) is 0 Å². The molecule has 1 unspecified atom stereocenters. The maximum Gasteiger partial charge on any atom is 0.117 e. The Kier molecular flexibility index (Phi) is 6.00. The molecule has 4 rings (SSSR count). The maximum absolute atomic E-state index is 9.78. The molecule has 0 radical (unpaired) electrons. The van der Waals surface area contributed by atoms with Gasteiger partial charge >= 0.3 is 0 Å². The Balaban J connectivity index is 1.68. The normalized spacial score (nSPS) is 20.0. The Bertz CT molecular complexity index is 962. The number of hydrogen-bond acceptors (Lipinski definition) is 3. The molecule has 0 bridgehead atoms. The summed E-state index contributed by atoms with van der Waals surface area (Å²) in [5.74, 6) is 0.178. The summed E-state index contributed by atoms with van der Waals surface area (Å²) < 4.78 is 0. The fourth-order valence-corrected chi connectivity index (χ4v) is 4.44. The average Bonchev–Trinajstić information content (AvgIpc) is 2.71. The lowest BCUT2D eigenvalue weighted by molar-refractivity contribution is 0.153. The third-order valence-electron chi connectivity index (χ3n) is 5.59. The van der Waals surface area contributed by atoms with E-state index in [0.717, 1.165) is 30.3 Å². The van der Waals surface area contributed by atoms with Gasteiger partial charge in [-0.25, -0.2) is 0 Å². The monoisotopic (exact) mass is 426 g/mol. The lowest BCUT2D eigenvalue weighted by Crippen LogP contribution is -2.53. The van der Waals surface area contributed by atoms with Crippen LogP contribution >= 0.6 is 23.2 Å². The third-order valence-corrected chi connectivity index (χ3v) is 6.15. The summed E-state index contributed by atoms with van der Waals surface area (Å²) in [5, 5.41) is 11.1. The highest BCUT2D eigenvalue weighted by Crippen LogP contribution is 2.38. The highest BCUT2D eigenvalue weighted by Gasteiger charge is 2.33. The van der Waals surface area contributed by atoms with E-state index in [1.165, 1.54) is 11.1 Å². The zero-order chi connectivity index (χ0) is 20.4. The molecule has 1 aliphatic heterocycles. The van der Waals surface area contributed by atoms with E-state index in [2.05, 4.69) is 53.1 Å². The Morgan fingerprint density at radius 3 is 2.34 bits per heavy atom. The van der Waals surface area contributed by atoms with Crippen LogP contribution in [0.25, 0.3) is 0 Å². The molecular weight excluding hydrogens is 403 g/mol. The molecule has 0 saturated carbocycles. The van der Waals surface area contributed by atoms with Crippen LogP contribution in [0.3, 0.4) is 0 Å². The molecule has 0 aliphatic carbocycles. The van der Waals surface area contributed by atoms with Gasteiger partial charge in [0.25, 0.3) is 0 Å². The number of benzene rings is 3.